The molecule has 1 aromatic rings. The third-order valence-electron chi connectivity index (χ3n) is 5.04. The number of rotatable bonds is 2. The molecule has 0 radical (unpaired) electrons. The number of likely N-dealkylation sites (tertiary alicyclic amines) is 1. The van der Waals surface area contributed by atoms with E-state index >= 15 is 0 Å². The zero-order chi connectivity index (χ0) is 17.5. The monoisotopic (exact) mass is 335 g/mol. The van der Waals surface area contributed by atoms with Crippen LogP contribution in [0.4, 0.5) is 0 Å². The van der Waals surface area contributed by atoms with E-state index in [2.05, 4.69) is 15.4 Å². The van der Waals surface area contributed by atoms with Crippen LogP contribution in [0.2, 0.25) is 0 Å². The van der Waals surface area contributed by atoms with Crippen LogP contribution in [0.15, 0.2) is 6.33 Å². The Morgan fingerprint density at radius 3 is 2.79 bits per heavy atom. The Hall–Kier alpha value is -1.96. The van der Waals surface area contributed by atoms with Crippen molar-refractivity contribution in [2.45, 2.75) is 32.7 Å². The highest BCUT2D eigenvalue weighted by molar-refractivity contribution is 5.92. The first-order valence-electron chi connectivity index (χ1n) is 8.29. The Labute approximate surface area is 141 Å². The molecule has 1 aromatic heterocycles. The van der Waals surface area contributed by atoms with Gasteiger partial charge in [0.05, 0.1) is 17.6 Å². The van der Waals surface area contributed by atoms with E-state index in [1.54, 1.807) is 23.0 Å². The molecular weight excluding hydrogens is 310 g/mol. The molecule has 0 aromatic carbocycles. The molecule has 2 aliphatic heterocycles. The Morgan fingerprint density at radius 2 is 2.17 bits per heavy atom. The molecule has 132 valence electrons. The molecule has 1 N–H and O–H groups in total. The van der Waals surface area contributed by atoms with Crippen LogP contribution in [-0.4, -0.2) is 64.8 Å². The van der Waals surface area contributed by atoms with E-state index in [-0.39, 0.29) is 29.1 Å². The Balaban J connectivity index is 1.82. The van der Waals surface area contributed by atoms with Gasteiger partial charge < -0.3 is 15.0 Å². The smallest absolute Gasteiger partial charge is 0.293 e. The van der Waals surface area contributed by atoms with Crippen LogP contribution in [0.3, 0.4) is 0 Å². The quantitative estimate of drug-likeness (QED) is 0.837. The average molecular weight is 335 g/mol. The molecule has 3 heterocycles. The molecule has 24 heavy (non-hydrogen) atoms. The summed E-state index contributed by atoms with van der Waals surface area (Å²) in [7, 11) is 1.64. The van der Waals surface area contributed by atoms with Gasteiger partial charge in [-0.15, -0.1) is 5.10 Å². The summed E-state index contributed by atoms with van der Waals surface area (Å²) in [6.07, 6.45) is 2.21. The minimum absolute atomic E-state index is 0.0138. The topological polar surface area (TPSA) is 89.4 Å². The lowest BCUT2D eigenvalue weighted by Gasteiger charge is -2.36. The van der Waals surface area contributed by atoms with Gasteiger partial charge in [-0.25, -0.2) is 9.67 Å². The van der Waals surface area contributed by atoms with Crippen molar-refractivity contribution in [2.24, 2.45) is 11.3 Å². The van der Waals surface area contributed by atoms with Crippen molar-refractivity contribution in [3.05, 3.63) is 12.2 Å². The van der Waals surface area contributed by atoms with E-state index in [4.69, 9.17) is 4.74 Å². The summed E-state index contributed by atoms with van der Waals surface area (Å²) in [5, 5.41) is 7.07. The van der Waals surface area contributed by atoms with Crippen molar-refractivity contribution >= 4 is 11.8 Å². The maximum absolute atomic E-state index is 12.8. The van der Waals surface area contributed by atoms with Gasteiger partial charge in [0.15, 0.2) is 0 Å². The number of nitrogens with one attached hydrogen (secondary N) is 1. The number of nitrogens with zero attached hydrogens (tertiary/aromatic N) is 4. The average Bonchev–Trinajstić information content (AvgIpc) is 3.18. The van der Waals surface area contributed by atoms with Crippen LogP contribution >= 0.6 is 0 Å². The van der Waals surface area contributed by atoms with Crippen LogP contribution in [0.25, 0.3) is 0 Å². The second-order valence-electron chi connectivity index (χ2n) is 7.63. The molecule has 0 saturated carbocycles. The molecule has 2 atom stereocenters. The van der Waals surface area contributed by atoms with Crippen LogP contribution in [0.1, 0.15) is 37.8 Å². The van der Waals surface area contributed by atoms with Crippen molar-refractivity contribution in [1.29, 1.82) is 0 Å². The van der Waals surface area contributed by atoms with E-state index < -0.39 is 5.41 Å². The second kappa shape index (κ2) is 5.84. The number of amides is 2. The summed E-state index contributed by atoms with van der Waals surface area (Å²) in [5.74, 6) is -0.0497. The third kappa shape index (κ3) is 2.68. The molecule has 2 saturated heterocycles. The fourth-order valence-corrected chi connectivity index (χ4v) is 3.55. The van der Waals surface area contributed by atoms with Crippen LogP contribution in [0, 0.1) is 11.3 Å². The van der Waals surface area contributed by atoms with Crippen LogP contribution < -0.4 is 5.32 Å². The standard InChI is InChI=1S/C16H25N5O3/c1-15(2,3)21-10-18-12(19-21)13(22)20-7-11-8-24-6-5-16(11,9-20)14(23)17-4/h10-11H,5-9H2,1-4H3,(H,17,23)/t11-,16+/m1/s1. The minimum Gasteiger partial charge on any atom is -0.381 e. The summed E-state index contributed by atoms with van der Waals surface area (Å²) >= 11 is 0. The Bertz CT molecular complexity index is 650. The fourth-order valence-electron chi connectivity index (χ4n) is 3.55. The largest absolute Gasteiger partial charge is 0.381 e. The first-order valence-corrected chi connectivity index (χ1v) is 8.29. The van der Waals surface area contributed by atoms with Gasteiger partial charge in [-0.1, -0.05) is 0 Å². The van der Waals surface area contributed by atoms with Crippen molar-refractivity contribution in [3.63, 3.8) is 0 Å². The number of hydrogen-bond donors (Lipinski definition) is 1. The normalized spacial score (nSPS) is 27.0. The third-order valence-corrected chi connectivity index (χ3v) is 5.04. The van der Waals surface area contributed by atoms with Gasteiger partial charge in [-0.2, -0.15) is 0 Å². The molecule has 0 spiro atoms. The first kappa shape index (κ1) is 16.9. The predicted octanol–water partition coefficient (Wildman–Crippen LogP) is 0.258. The number of fused-ring (bicyclic) bond motifs is 1. The van der Waals surface area contributed by atoms with Crippen LogP contribution in [-0.2, 0) is 15.1 Å². The number of aromatic nitrogens is 3. The molecule has 8 heteroatoms. The molecule has 0 aliphatic carbocycles. The molecule has 0 unspecified atom stereocenters. The number of ether oxygens (including phenoxy) is 1. The van der Waals surface area contributed by atoms with E-state index in [0.717, 1.165) is 0 Å². The van der Waals surface area contributed by atoms with Gasteiger partial charge in [0, 0.05) is 32.7 Å². The Kier molecular flexibility index (Phi) is 4.11. The lowest BCUT2D eigenvalue weighted by atomic mass is 9.73. The molecule has 8 nitrogen and oxygen atoms in total. The number of hydrogen-bond acceptors (Lipinski definition) is 5. The van der Waals surface area contributed by atoms with Gasteiger partial charge in [-0.05, 0) is 27.2 Å². The van der Waals surface area contributed by atoms with Crippen molar-refractivity contribution < 1.29 is 14.3 Å². The van der Waals surface area contributed by atoms with Gasteiger partial charge >= 0.3 is 0 Å². The summed E-state index contributed by atoms with van der Waals surface area (Å²) in [5.41, 5.74) is -0.795. The van der Waals surface area contributed by atoms with Gasteiger partial charge in [0.2, 0.25) is 11.7 Å². The summed E-state index contributed by atoms with van der Waals surface area (Å²) in [4.78, 5) is 31.1. The van der Waals surface area contributed by atoms with E-state index in [9.17, 15) is 9.59 Å². The van der Waals surface area contributed by atoms with Crippen molar-refractivity contribution in [3.8, 4) is 0 Å². The second-order valence-corrected chi connectivity index (χ2v) is 7.63. The van der Waals surface area contributed by atoms with Crippen LogP contribution in [0.5, 0.6) is 0 Å². The number of carbonyl (C=O) groups excluding carboxylic acids is 2. The molecule has 2 fully saturated rings. The minimum atomic E-state index is -0.560. The molecule has 2 amide bonds. The fraction of sp³-hybridized carbons (Fsp3) is 0.750. The maximum atomic E-state index is 12.8. The highest BCUT2D eigenvalue weighted by Gasteiger charge is 2.54. The highest BCUT2D eigenvalue weighted by atomic mass is 16.5. The SMILES string of the molecule is CNC(=O)[C@]12CCOC[C@H]1CN(C(=O)c1ncn(C(C)(C)C)n1)C2. The first-order chi connectivity index (χ1) is 11.3. The molecule has 3 rings (SSSR count). The lowest BCUT2D eigenvalue weighted by Crippen LogP contribution is -2.49. The lowest BCUT2D eigenvalue weighted by molar-refractivity contribution is -0.138. The van der Waals surface area contributed by atoms with E-state index in [0.29, 0.717) is 32.7 Å². The summed E-state index contributed by atoms with van der Waals surface area (Å²) in [6.45, 7) is 7.93. The molecule has 0 bridgehead atoms. The van der Waals surface area contributed by atoms with Gasteiger partial charge in [0.1, 0.15) is 6.33 Å². The van der Waals surface area contributed by atoms with Gasteiger partial charge in [-0.3, -0.25) is 9.59 Å². The predicted molar refractivity (Wildman–Crippen MR) is 86.3 cm³/mol. The highest BCUT2D eigenvalue weighted by Crippen LogP contribution is 2.42. The zero-order valence-corrected chi connectivity index (χ0v) is 14.7. The summed E-state index contributed by atoms with van der Waals surface area (Å²) < 4.78 is 7.21. The van der Waals surface area contributed by atoms with E-state index in [1.165, 1.54) is 0 Å². The maximum Gasteiger partial charge on any atom is 0.293 e. The molecule has 2 aliphatic rings. The number of carbonyl (C=O) groups is 2. The molecular formula is C16H25N5O3. The van der Waals surface area contributed by atoms with Crippen molar-refractivity contribution in [2.75, 3.05) is 33.4 Å². The van der Waals surface area contributed by atoms with E-state index in [1.807, 2.05) is 20.8 Å². The Morgan fingerprint density at radius 1 is 1.42 bits per heavy atom. The zero-order valence-electron chi connectivity index (χ0n) is 14.7. The van der Waals surface area contributed by atoms with Gasteiger partial charge in [0.25, 0.3) is 5.91 Å². The summed E-state index contributed by atoms with van der Waals surface area (Å²) in [6, 6.07) is 0. The van der Waals surface area contributed by atoms with Crippen molar-refractivity contribution in [1.82, 2.24) is 25.0 Å².